The highest BCUT2D eigenvalue weighted by Gasteiger charge is 2.12. The van der Waals surface area contributed by atoms with Crippen molar-refractivity contribution < 1.29 is 9.90 Å². The fourth-order valence-corrected chi connectivity index (χ4v) is 2.84. The average Bonchev–Trinajstić information content (AvgIpc) is 2.66. The van der Waals surface area contributed by atoms with Crippen molar-refractivity contribution in [1.82, 2.24) is 0 Å². The van der Waals surface area contributed by atoms with Crippen LogP contribution in [0, 0.1) is 11.3 Å². The van der Waals surface area contributed by atoms with Gasteiger partial charge in [-0.25, -0.2) is 0 Å². The second-order valence-corrected chi connectivity index (χ2v) is 6.41. The number of hydrogen-bond acceptors (Lipinski definition) is 4. The fourth-order valence-electron chi connectivity index (χ4n) is 2.50. The molecule has 5 nitrogen and oxygen atoms in total. The molecule has 0 heterocycles. The van der Waals surface area contributed by atoms with Crippen molar-refractivity contribution in [3.05, 3.63) is 76.4 Å². The lowest BCUT2D eigenvalue weighted by molar-refractivity contribution is -0.112. The van der Waals surface area contributed by atoms with Crippen molar-refractivity contribution in [3.63, 3.8) is 0 Å². The van der Waals surface area contributed by atoms with Crippen LogP contribution in [0.2, 0.25) is 10.0 Å². The summed E-state index contributed by atoms with van der Waals surface area (Å²) < 4.78 is 0. The molecule has 7 heteroatoms. The normalized spacial score (nSPS) is 11.1. The van der Waals surface area contributed by atoms with E-state index in [4.69, 9.17) is 23.2 Å². The molecule has 3 aromatic carbocycles. The second kappa shape index (κ2) is 8.00. The second-order valence-electron chi connectivity index (χ2n) is 5.57. The van der Waals surface area contributed by atoms with Gasteiger partial charge in [-0.3, -0.25) is 4.79 Å². The molecular weight excluding hydrogens is 385 g/mol. The van der Waals surface area contributed by atoms with E-state index >= 15 is 0 Å². The molecule has 3 aromatic rings. The Bertz CT molecular complexity index is 1100. The van der Waals surface area contributed by atoms with Crippen LogP contribution in [0.1, 0.15) is 0 Å². The van der Waals surface area contributed by atoms with Gasteiger partial charge in [0.2, 0.25) is 0 Å². The fraction of sp³-hybridized carbons (Fsp3) is 0. The minimum Gasteiger partial charge on any atom is -0.507 e. The van der Waals surface area contributed by atoms with Gasteiger partial charge in [0.1, 0.15) is 17.4 Å². The molecule has 3 rings (SSSR count). The number of nitrogens with zero attached hydrogens (tertiary/aromatic N) is 1. The Kier molecular flexibility index (Phi) is 5.51. The highest BCUT2D eigenvalue weighted by atomic mass is 35.5. The molecule has 0 bridgehead atoms. The molecule has 0 aliphatic rings. The molecule has 0 aliphatic heterocycles. The number of phenolic OH excluding ortho intramolecular Hbond substituents is 1. The number of halogens is 2. The summed E-state index contributed by atoms with van der Waals surface area (Å²) in [5.41, 5.74) is 0.804. The highest BCUT2D eigenvalue weighted by Crippen LogP contribution is 2.30. The Morgan fingerprint density at radius 3 is 2.56 bits per heavy atom. The number of benzene rings is 3. The molecule has 27 heavy (non-hydrogen) atoms. The van der Waals surface area contributed by atoms with Crippen LogP contribution >= 0.6 is 23.2 Å². The van der Waals surface area contributed by atoms with E-state index in [9.17, 15) is 15.2 Å². The number of carbonyl (C=O) groups excluding carboxylic acids is 1. The van der Waals surface area contributed by atoms with Crippen LogP contribution in [0.5, 0.6) is 5.75 Å². The molecule has 0 spiro atoms. The van der Waals surface area contributed by atoms with Crippen molar-refractivity contribution >= 4 is 51.3 Å². The third kappa shape index (κ3) is 4.14. The van der Waals surface area contributed by atoms with Crippen LogP contribution in [-0.2, 0) is 4.79 Å². The molecular formula is C20H13Cl2N3O2. The molecule has 0 saturated heterocycles. The lowest BCUT2D eigenvalue weighted by atomic mass is 10.1. The number of fused-ring (bicyclic) bond motifs is 1. The predicted molar refractivity (Wildman–Crippen MR) is 108 cm³/mol. The molecule has 0 unspecified atom stereocenters. The minimum atomic E-state index is -0.628. The smallest absolute Gasteiger partial charge is 0.267 e. The van der Waals surface area contributed by atoms with Gasteiger partial charge in [-0.2, -0.15) is 5.26 Å². The summed E-state index contributed by atoms with van der Waals surface area (Å²) in [6.07, 6.45) is 1.30. The van der Waals surface area contributed by atoms with E-state index in [1.165, 1.54) is 12.3 Å². The van der Waals surface area contributed by atoms with Crippen LogP contribution in [-0.4, -0.2) is 11.0 Å². The van der Waals surface area contributed by atoms with Gasteiger partial charge in [-0.15, -0.1) is 0 Å². The van der Waals surface area contributed by atoms with Gasteiger partial charge in [0.25, 0.3) is 5.91 Å². The molecule has 0 fully saturated rings. The van der Waals surface area contributed by atoms with E-state index in [0.29, 0.717) is 26.8 Å². The van der Waals surface area contributed by atoms with E-state index in [1.54, 1.807) is 42.5 Å². The monoisotopic (exact) mass is 397 g/mol. The van der Waals surface area contributed by atoms with Gasteiger partial charge >= 0.3 is 0 Å². The molecule has 0 saturated carbocycles. The summed E-state index contributed by atoms with van der Waals surface area (Å²) in [7, 11) is 0. The van der Waals surface area contributed by atoms with Gasteiger partial charge < -0.3 is 15.7 Å². The summed E-state index contributed by atoms with van der Waals surface area (Å²) in [5.74, 6) is -0.480. The third-order valence-electron chi connectivity index (χ3n) is 3.81. The zero-order chi connectivity index (χ0) is 19.4. The Morgan fingerprint density at radius 1 is 1.04 bits per heavy atom. The number of hydrogen-bond donors (Lipinski definition) is 3. The Balaban J connectivity index is 1.85. The first-order chi connectivity index (χ1) is 13.0. The van der Waals surface area contributed by atoms with Gasteiger partial charge in [0, 0.05) is 27.7 Å². The Morgan fingerprint density at radius 2 is 1.78 bits per heavy atom. The van der Waals surface area contributed by atoms with Crippen LogP contribution in [0.15, 0.2) is 66.4 Å². The summed E-state index contributed by atoms with van der Waals surface area (Å²) in [6, 6.07) is 16.9. The topological polar surface area (TPSA) is 85.2 Å². The molecule has 0 atom stereocenters. The average molecular weight is 398 g/mol. The van der Waals surface area contributed by atoms with Gasteiger partial charge in [0.05, 0.1) is 10.7 Å². The van der Waals surface area contributed by atoms with Crippen molar-refractivity contribution in [1.29, 1.82) is 5.26 Å². The number of nitrogens with one attached hydrogen (secondary N) is 2. The number of nitriles is 1. The number of phenols is 1. The summed E-state index contributed by atoms with van der Waals surface area (Å²) in [6.45, 7) is 0. The van der Waals surface area contributed by atoms with Crippen LogP contribution in [0.4, 0.5) is 11.4 Å². The standard InChI is InChI=1S/C20H13Cl2N3O2/c21-13-7-8-16(22)18(9-13)25-20(27)12(10-23)11-24-17-5-1-4-15-14(17)3-2-6-19(15)26/h1-9,11,24,26H,(H,25,27)/b12-11-. The lowest BCUT2D eigenvalue weighted by Gasteiger charge is -2.09. The molecule has 1 amide bonds. The van der Waals surface area contributed by atoms with Crippen LogP contribution in [0.25, 0.3) is 10.8 Å². The number of anilines is 2. The first-order valence-electron chi connectivity index (χ1n) is 7.83. The maximum atomic E-state index is 12.4. The summed E-state index contributed by atoms with van der Waals surface area (Å²) in [5, 5.41) is 26.9. The maximum Gasteiger partial charge on any atom is 0.267 e. The van der Waals surface area contributed by atoms with Crippen LogP contribution < -0.4 is 10.6 Å². The van der Waals surface area contributed by atoms with E-state index in [1.807, 2.05) is 12.1 Å². The largest absolute Gasteiger partial charge is 0.507 e. The zero-order valence-corrected chi connectivity index (χ0v) is 15.3. The minimum absolute atomic E-state index is 0.147. The molecule has 3 N–H and O–H groups in total. The van der Waals surface area contributed by atoms with E-state index in [-0.39, 0.29) is 11.3 Å². The summed E-state index contributed by atoms with van der Waals surface area (Å²) in [4.78, 5) is 12.4. The molecule has 0 aliphatic carbocycles. The molecule has 134 valence electrons. The van der Waals surface area contributed by atoms with Crippen molar-refractivity contribution in [2.24, 2.45) is 0 Å². The van der Waals surface area contributed by atoms with E-state index < -0.39 is 5.91 Å². The maximum absolute atomic E-state index is 12.4. The number of amides is 1. The van der Waals surface area contributed by atoms with Gasteiger partial charge in [0.15, 0.2) is 0 Å². The van der Waals surface area contributed by atoms with Crippen LogP contribution in [0.3, 0.4) is 0 Å². The third-order valence-corrected chi connectivity index (χ3v) is 4.38. The number of aromatic hydroxyl groups is 1. The quantitative estimate of drug-likeness (QED) is 0.411. The molecule has 0 radical (unpaired) electrons. The zero-order valence-electron chi connectivity index (χ0n) is 13.8. The Labute approximate surface area is 165 Å². The van der Waals surface area contributed by atoms with Crippen molar-refractivity contribution in [2.75, 3.05) is 10.6 Å². The summed E-state index contributed by atoms with van der Waals surface area (Å²) >= 11 is 11.9. The van der Waals surface area contributed by atoms with E-state index in [2.05, 4.69) is 10.6 Å². The Hall–Kier alpha value is -3.20. The van der Waals surface area contributed by atoms with E-state index in [0.717, 1.165) is 5.39 Å². The van der Waals surface area contributed by atoms with Crippen molar-refractivity contribution in [2.45, 2.75) is 0 Å². The highest BCUT2D eigenvalue weighted by molar-refractivity contribution is 6.36. The SMILES string of the molecule is N#C/C(=C/Nc1cccc2c(O)cccc12)C(=O)Nc1cc(Cl)ccc1Cl. The number of carbonyl (C=O) groups is 1. The predicted octanol–water partition coefficient (Wildman–Crippen LogP) is 5.31. The van der Waals surface area contributed by atoms with Crippen molar-refractivity contribution in [3.8, 4) is 11.8 Å². The molecule has 0 aromatic heterocycles. The number of rotatable bonds is 4. The lowest BCUT2D eigenvalue weighted by Crippen LogP contribution is -2.15. The van der Waals surface area contributed by atoms with Gasteiger partial charge in [-0.05, 0) is 30.3 Å². The van der Waals surface area contributed by atoms with Gasteiger partial charge in [-0.1, -0.05) is 47.5 Å². The first kappa shape index (κ1) is 18.6. The first-order valence-corrected chi connectivity index (χ1v) is 8.59.